The topological polar surface area (TPSA) is 52.0 Å². The number of hydrogen-bond donors (Lipinski definition) is 1. The van der Waals surface area contributed by atoms with Crippen LogP contribution in [0.3, 0.4) is 0 Å². The molecular formula is C5H4F4N2O. The van der Waals surface area contributed by atoms with Gasteiger partial charge in [-0.05, 0) is 0 Å². The zero-order valence-electron chi connectivity index (χ0n) is 5.60. The highest BCUT2D eigenvalue weighted by molar-refractivity contribution is 5.40. The number of anilines is 1. The fraction of sp³-hybridized carbons (Fsp3) is 0.400. The van der Waals surface area contributed by atoms with Crippen LogP contribution in [0.5, 0.6) is 0 Å². The molecule has 0 aliphatic heterocycles. The van der Waals surface area contributed by atoms with Crippen molar-refractivity contribution in [3.63, 3.8) is 0 Å². The molecule has 1 aromatic rings. The number of rotatable bonds is 2. The van der Waals surface area contributed by atoms with Gasteiger partial charge in [-0.3, -0.25) is 0 Å². The summed E-state index contributed by atoms with van der Waals surface area (Å²) in [5.74, 6) is -5.67. The van der Waals surface area contributed by atoms with E-state index < -0.39 is 23.8 Å². The molecule has 1 heterocycles. The predicted octanol–water partition coefficient (Wildman–Crippen LogP) is 1.61. The van der Waals surface area contributed by atoms with Crippen molar-refractivity contribution in [3.05, 3.63) is 12.0 Å². The third-order valence-electron chi connectivity index (χ3n) is 1.17. The van der Waals surface area contributed by atoms with E-state index in [9.17, 15) is 17.6 Å². The highest BCUT2D eigenvalue weighted by Gasteiger charge is 2.48. The van der Waals surface area contributed by atoms with Gasteiger partial charge in [-0.1, -0.05) is 5.16 Å². The number of alkyl halides is 4. The molecule has 2 N–H and O–H groups in total. The Kier molecular flexibility index (Phi) is 1.95. The van der Waals surface area contributed by atoms with Gasteiger partial charge in [0.05, 0.1) is 6.20 Å². The second-order valence-electron chi connectivity index (χ2n) is 2.03. The monoisotopic (exact) mass is 184 g/mol. The van der Waals surface area contributed by atoms with Gasteiger partial charge < -0.3 is 10.3 Å². The van der Waals surface area contributed by atoms with Crippen molar-refractivity contribution < 1.29 is 22.1 Å². The Labute approximate surface area is 64.1 Å². The van der Waals surface area contributed by atoms with Gasteiger partial charge in [0.1, 0.15) is 5.69 Å². The Bertz CT molecular complexity index is 272. The van der Waals surface area contributed by atoms with E-state index in [4.69, 9.17) is 5.73 Å². The van der Waals surface area contributed by atoms with E-state index in [-0.39, 0.29) is 0 Å². The summed E-state index contributed by atoms with van der Waals surface area (Å²) in [6.07, 6.45) is -3.11. The van der Waals surface area contributed by atoms with Gasteiger partial charge in [-0.15, -0.1) is 0 Å². The highest BCUT2D eigenvalue weighted by atomic mass is 19.3. The molecule has 0 fully saturated rings. The van der Waals surface area contributed by atoms with E-state index in [1.807, 2.05) is 0 Å². The van der Waals surface area contributed by atoms with Gasteiger partial charge >= 0.3 is 12.3 Å². The Morgan fingerprint density at radius 1 is 1.50 bits per heavy atom. The number of nitrogen functional groups attached to an aromatic ring is 1. The summed E-state index contributed by atoms with van der Waals surface area (Å²) in [6, 6.07) is 0. The van der Waals surface area contributed by atoms with Crippen molar-refractivity contribution in [2.24, 2.45) is 0 Å². The predicted molar refractivity (Wildman–Crippen MR) is 30.8 cm³/mol. The first kappa shape index (κ1) is 8.82. The smallest absolute Gasteiger partial charge is 0.368 e. The molecule has 0 saturated heterocycles. The first-order valence-corrected chi connectivity index (χ1v) is 2.83. The van der Waals surface area contributed by atoms with Gasteiger partial charge in [-0.25, -0.2) is 8.78 Å². The van der Waals surface area contributed by atoms with Crippen LogP contribution in [0.4, 0.5) is 23.2 Å². The van der Waals surface area contributed by atoms with Gasteiger partial charge in [0.25, 0.3) is 0 Å². The highest BCUT2D eigenvalue weighted by Crippen LogP contribution is 2.37. The molecule has 0 radical (unpaired) electrons. The molecule has 0 amide bonds. The van der Waals surface area contributed by atoms with Crippen LogP contribution in [-0.2, 0) is 5.92 Å². The van der Waals surface area contributed by atoms with Crippen molar-refractivity contribution in [1.29, 1.82) is 0 Å². The Balaban J connectivity index is 3.05. The Hall–Kier alpha value is -1.27. The fourth-order valence-corrected chi connectivity index (χ4v) is 0.600. The first-order chi connectivity index (χ1) is 5.46. The summed E-state index contributed by atoms with van der Waals surface area (Å²) in [5.41, 5.74) is 4.31. The van der Waals surface area contributed by atoms with Crippen molar-refractivity contribution in [1.82, 2.24) is 5.16 Å². The number of aromatic nitrogens is 1. The van der Waals surface area contributed by atoms with E-state index >= 15 is 0 Å². The second kappa shape index (κ2) is 2.65. The summed E-state index contributed by atoms with van der Waals surface area (Å²) < 4.78 is 52.0. The minimum atomic E-state index is -4.37. The molecule has 0 spiro atoms. The molecular weight excluding hydrogens is 180 g/mol. The molecule has 68 valence electrons. The van der Waals surface area contributed by atoms with E-state index in [0.29, 0.717) is 0 Å². The fourth-order valence-electron chi connectivity index (χ4n) is 0.600. The average molecular weight is 184 g/mol. The zero-order valence-corrected chi connectivity index (χ0v) is 5.60. The number of nitrogens with two attached hydrogens (primary N) is 1. The first-order valence-electron chi connectivity index (χ1n) is 2.83. The van der Waals surface area contributed by atoms with Crippen LogP contribution in [-0.4, -0.2) is 11.6 Å². The van der Waals surface area contributed by atoms with Gasteiger partial charge in [-0.2, -0.15) is 8.78 Å². The van der Waals surface area contributed by atoms with Crippen LogP contribution in [0, 0.1) is 0 Å². The van der Waals surface area contributed by atoms with Crippen LogP contribution < -0.4 is 5.73 Å². The van der Waals surface area contributed by atoms with Crippen LogP contribution in [0.1, 0.15) is 5.76 Å². The second-order valence-corrected chi connectivity index (χ2v) is 2.03. The zero-order chi connectivity index (χ0) is 9.35. The summed E-state index contributed by atoms with van der Waals surface area (Å²) in [6.45, 7) is 0. The van der Waals surface area contributed by atoms with E-state index in [1.165, 1.54) is 0 Å². The number of hydrogen-bond acceptors (Lipinski definition) is 3. The molecule has 0 saturated carbocycles. The average Bonchev–Trinajstić information content (AvgIpc) is 2.35. The lowest BCUT2D eigenvalue weighted by Gasteiger charge is -2.11. The minimum absolute atomic E-state index is 0.583. The van der Waals surface area contributed by atoms with Crippen molar-refractivity contribution in [2.75, 3.05) is 5.73 Å². The maximum Gasteiger partial charge on any atom is 0.368 e. The molecule has 12 heavy (non-hydrogen) atoms. The summed E-state index contributed by atoms with van der Waals surface area (Å²) in [5, 5.41) is 2.86. The molecule has 0 unspecified atom stereocenters. The number of halogens is 4. The molecule has 1 rings (SSSR count). The quantitative estimate of drug-likeness (QED) is 0.710. The summed E-state index contributed by atoms with van der Waals surface area (Å²) >= 11 is 0. The van der Waals surface area contributed by atoms with Crippen LogP contribution in [0.15, 0.2) is 10.7 Å². The van der Waals surface area contributed by atoms with Crippen molar-refractivity contribution in [2.45, 2.75) is 12.3 Å². The van der Waals surface area contributed by atoms with Crippen molar-refractivity contribution in [3.8, 4) is 0 Å². The minimum Gasteiger partial charge on any atom is -0.394 e. The SMILES string of the molecule is Nc1cnoc1C(F)(F)C(F)F. The van der Waals surface area contributed by atoms with Gasteiger partial charge in [0.2, 0.25) is 5.76 Å². The molecule has 0 atom stereocenters. The van der Waals surface area contributed by atoms with Crippen LogP contribution in [0.25, 0.3) is 0 Å². The van der Waals surface area contributed by atoms with Crippen LogP contribution >= 0.6 is 0 Å². The Morgan fingerprint density at radius 3 is 2.42 bits per heavy atom. The third-order valence-corrected chi connectivity index (χ3v) is 1.17. The maximum atomic E-state index is 12.4. The third kappa shape index (κ3) is 1.21. The van der Waals surface area contributed by atoms with Gasteiger partial charge in [0.15, 0.2) is 0 Å². The Morgan fingerprint density at radius 2 is 2.08 bits per heavy atom. The summed E-state index contributed by atoms with van der Waals surface area (Å²) in [7, 11) is 0. The molecule has 0 aromatic carbocycles. The normalized spacial score (nSPS) is 12.4. The lowest BCUT2D eigenvalue weighted by atomic mass is 10.2. The molecule has 3 nitrogen and oxygen atoms in total. The largest absolute Gasteiger partial charge is 0.394 e. The lowest BCUT2D eigenvalue weighted by molar-refractivity contribution is -0.148. The van der Waals surface area contributed by atoms with E-state index in [1.54, 1.807) is 0 Å². The van der Waals surface area contributed by atoms with E-state index in [2.05, 4.69) is 9.68 Å². The summed E-state index contributed by atoms with van der Waals surface area (Å²) in [4.78, 5) is 0. The number of nitrogens with zero attached hydrogens (tertiary/aromatic N) is 1. The molecule has 0 bridgehead atoms. The van der Waals surface area contributed by atoms with E-state index in [0.717, 1.165) is 6.20 Å². The maximum absolute atomic E-state index is 12.4. The molecule has 0 aliphatic rings. The van der Waals surface area contributed by atoms with Crippen LogP contribution in [0.2, 0.25) is 0 Å². The lowest BCUT2D eigenvalue weighted by Crippen LogP contribution is -2.23. The standard InChI is InChI=1S/C5H4F4N2O/c6-4(7)5(8,9)3-2(10)1-11-12-3/h1,4H,10H2. The molecule has 1 aromatic heterocycles. The van der Waals surface area contributed by atoms with Crippen molar-refractivity contribution >= 4 is 5.69 Å². The molecule has 7 heteroatoms. The molecule has 0 aliphatic carbocycles. The van der Waals surface area contributed by atoms with Gasteiger partial charge in [0, 0.05) is 0 Å².